The van der Waals surface area contributed by atoms with Gasteiger partial charge in [0.25, 0.3) is 0 Å². The number of aliphatic carboxylic acids is 1. The molecule has 0 aliphatic heterocycles. The van der Waals surface area contributed by atoms with E-state index in [0.29, 0.717) is 6.54 Å². The van der Waals surface area contributed by atoms with Crippen LogP contribution in [0.4, 0.5) is 0 Å². The SMILES string of the molecule is C#CCC(NCC)C(=O)O. The molecule has 3 heteroatoms. The van der Waals surface area contributed by atoms with Crippen molar-refractivity contribution >= 4 is 5.97 Å². The molecule has 56 valence electrons. The number of rotatable bonds is 4. The molecule has 0 fully saturated rings. The van der Waals surface area contributed by atoms with Crippen LogP contribution in [0.2, 0.25) is 0 Å². The molecule has 0 bridgehead atoms. The number of carboxylic acid groups (broad SMARTS) is 1. The molecule has 0 aliphatic carbocycles. The molecule has 0 saturated heterocycles. The van der Waals surface area contributed by atoms with Crippen LogP contribution in [-0.4, -0.2) is 23.7 Å². The maximum atomic E-state index is 10.3. The van der Waals surface area contributed by atoms with Crippen LogP contribution in [-0.2, 0) is 4.79 Å². The van der Waals surface area contributed by atoms with Gasteiger partial charge < -0.3 is 10.4 Å². The Labute approximate surface area is 60.4 Å². The van der Waals surface area contributed by atoms with E-state index in [2.05, 4.69) is 11.2 Å². The summed E-state index contributed by atoms with van der Waals surface area (Å²) in [7, 11) is 0. The minimum atomic E-state index is -0.889. The molecule has 0 amide bonds. The van der Waals surface area contributed by atoms with E-state index in [1.54, 1.807) is 0 Å². The minimum Gasteiger partial charge on any atom is -0.480 e. The van der Waals surface area contributed by atoms with E-state index in [1.807, 2.05) is 6.92 Å². The summed E-state index contributed by atoms with van der Waals surface area (Å²) < 4.78 is 0. The second-order valence-electron chi connectivity index (χ2n) is 1.86. The van der Waals surface area contributed by atoms with Gasteiger partial charge in [-0.15, -0.1) is 12.3 Å². The standard InChI is InChI=1S/C7H11NO2/c1-3-5-6(7(9)10)8-4-2/h1,6,8H,4-5H2,2H3,(H,9,10). The third-order valence-corrected chi connectivity index (χ3v) is 1.07. The van der Waals surface area contributed by atoms with Gasteiger partial charge in [-0.3, -0.25) is 4.79 Å². The number of likely N-dealkylation sites (N-methyl/N-ethyl adjacent to an activating group) is 1. The van der Waals surface area contributed by atoms with E-state index >= 15 is 0 Å². The maximum Gasteiger partial charge on any atom is 0.321 e. The average Bonchev–Trinajstić information content (AvgIpc) is 1.87. The molecule has 1 atom stereocenters. The van der Waals surface area contributed by atoms with Crippen molar-refractivity contribution in [1.82, 2.24) is 5.32 Å². The van der Waals surface area contributed by atoms with Gasteiger partial charge in [-0.25, -0.2) is 0 Å². The highest BCUT2D eigenvalue weighted by Crippen LogP contribution is 1.88. The zero-order valence-electron chi connectivity index (χ0n) is 5.92. The van der Waals surface area contributed by atoms with Gasteiger partial charge >= 0.3 is 5.97 Å². The van der Waals surface area contributed by atoms with Crippen LogP contribution in [0.5, 0.6) is 0 Å². The van der Waals surface area contributed by atoms with Crippen LogP contribution in [0, 0.1) is 12.3 Å². The van der Waals surface area contributed by atoms with Gasteiger partial charge in [0.05, 0.1) is 0 Å². The van der Waals surface area contributed by atoms with Crippen LogP contribution >= 0.6 is 0 Å². The lowest BCUT2D eigenvalue weighted by Crippen LogP contribution is -2.35. The highest BCUT2D eigenvalue weighted by atomic mass is 16.4. The lowest BCUT2D eigenvalue weighted by atomic mass is 10.2. The van der Waals surface area contributed by atoms with Gasteiger partial charge in [0.1, 0.15) is 6.04 Å². The second kappa shape index (κ2) is 4.83. The number of nitrogens with one attached hydrogen (secondary N) is 1. The Kier molecular flexibility index (Phi) is 4.34. The summed E-state index contributed by atoms with van der Waals surface area (Å²) in [5.74, 6) is 1.40. The van der Waals surface area contributed by atoms with Crippen LogP contribution in [0.15, 0.2) is 0 Å². The van der Waals surface area contributed by atoms with Crippen LogP contribution in [0.1, 0.15) is 13.3 Å². The van der Waals surface area contributed by atoms with Gasteiger partial charge in [0.2, 0.25) is 0 Å². The fourth-order valence-electron chi connectivity index (χ4n) is 0.611. The molecular formula is C7H11NO2. The van der Waals surface area contributed by atoms with Crippen molar-refractivity contribution in [2.45, 2.75) is 19.4 Å². The fraction of sp³-hybridized carbons (Fsp3) is 0.571. The predicted octanol–water partition coefficient (Wildman–Crippen LogP) is 0.0724. The quantitative estimate of drug-likeness (QED) is 0.545. The first-order valence-electron chi connectivity index (χ1n) is 3.12. The van der Waals surface area contributed by atoms with E-state index < -0.39 is 12.0 Å². The van der Waals surface area contributed by atoms with Gasteiger partial charge in [-0.1, -0.05) is 6.92 Å². The molecular weight excluding hydrogens is 130 g/mol. The molecule has 0 aromatic heterocycles. The zero-order chi connectivity index (χ0) is 7.98. The van der Waals surface area contributed by atoms with Crippen LogP contribution in [0.3, 0.4) is 0 Å². The molecule has 3 nitrogen and oxygen atoms in total. The number of carboxylic acids is 1. The van der Waals surface area contributed by atoms with E-state index in [4.69, 9.17) is 11.5 Å². The Bertz CT molecular complexity index is 148. The highest BCUT2D eigenvalue weighted by molar-refractivity contribution is 5.73. The van der Waals surface area contributed by atoms with Crippen molar-refractivity contribution in [2.75, 3.05) is 6.54 Å². The number of carbonyl (C=O) groups is 1. The summed E-state index contributed by atoms with van der Waals surface area (Å²) in [6, 6.07) is -0.588. The van der Waals surface area contributed by atoms with Crippen molar-refractivity contribution in [1.29, 1.82) is 0 Å². The van der Waals surface area contributed by atoms with Crippen molar-refractivity contribution in [3.05, 3.63) is 0 Å². The summed E-state index contributed by atoms with van der Waals surface area (Å²) in [4.78, 5) is 10.3. The van der Waals surface area contributed by atoms with Crippen molar-refractivity contribution in [3.8, 4) is 12.3 Å². The fourth-order valence-corrected chi connectivity index (χ4v) is 0.611. The van der Waals surface area contributed by atoms with Crippen molar-refractivity contribution in [3.63, 3.8) is 0 Å². The Morgan fingerprint density at radius 3 is 2.80 bits per heavy atom. The molecule has 0 aromatic rings. The van der Waals surface area contributed by atoms with Crippen LogP contribution < -0.4 is 5.32 Å². The Hall–Kier alpha value is -1.01. The van der Waals surface area contributed by atoms with Crippen LogP contribution in [0.25, 0.3) is 0 Å². The van der Waals surface area contributed by atoms with Gasteiger partial charge in [0, 0.05) is 6.42 Å². The molecule has 2 N–H and O–H groups in total. The number of hydrogen-bond donors (Lipinski definition) is 2. The number of hydrogen-bond acceptors (Lipinski definition) is 2. The van der Waals surface area contributed by atoms with Crippen molar-refractivity contribution in [2.24, 2.45) is 0 Å². The van der Waals surface area contributed by atoms with Gasteiger partial charge in [-0.2, -0.15) is 0 Å². The Morgan fingerprint density at radius 1 is 1.90 bits per heavy atom. The summed E-state index contributed by atoms with van der Waals surface area (Å²) in [5, 5.41) is 11.2. The molecule has 10 heavy (non-hydrogen) atoms. The summed E-state index contributed by atoms with van der Waals surface area (Å²) in [6.07, 6.45) is 5.18. The van der Waals surface area contributed by atoms with E-state index in [-0.39, 0.29) is 6.42 Å². The summed E-state index contributed by atoms with van der Waals surface area (Å²) in [5.41, 5.74) is 0. The molecule has 0 aliphatic rings. The summed E-state index contributed by atoms with van der Waals surface area (Å²) >= 11 is 0. The molecule has 0 heterocycles. The molecule has 0 rings (SSSR count). The molecule has 0 saturated carbocycles. The topological polar surface area (TPSA) is 49.3 Å². The largest absolute Gasteiger partial charge is 0.480 e. The van der Waals surface area contributed by atoms with E-state index in [0.717, 1.165) is 0 Å². The first kappa shape index (κ1) is 8.99. The first-order chi connectivity index (χ1) is 4.72. The van der Waals surface area contributed by atoms with Gasteiger partial charge in [0.15, 0.2) is 0 Å². The first-order valence-corrected chi connectivity index (χ1v) is 3.12. The molecule has 1 unspecified atom stereocenters. The lowest BCUT2D eigenvalue weighted by molar-refractivity contribution is -0.139. The minimum absolute atomic E-state index is 0.239. The average molecular weight is 141 g/mol. The number of terminal acetylenes is 1. The zero-order valence-corrected chi connectivity index (χ0v) is 5.92. The Morgan fingerprint density at radius 2 is 2.50 bits per heavy atom. The third-order valence-electron chi connectivity index (χ3n) is 1.07. The third kappa shape index (κ3) is 3.10. The normalized spacial score (nSPS) is 12.0. The van der Waals surface area contributed by atoms with Crippen molar-refractivity contribution < 1.29 is 9.90 Å². The van der Waals surface area contributed by atoms with E-state index in [9.17, 15) is 4.79 Å². The molecule has 0 spiro atoms. The maximum absolute atomic E-state index is 10.3. The Balaban J connectivity index is 3.75. The highest BCUT2D eigenvalue weighted by Gasteiger charge is 2.12. The summed E-state index contributed by atoms with van der Waals surface area (Å²) in [6.45, 7) is 2.46. The van der Waals surface area contributed by atoms with Gasteiger partial charge in [-0.05, 0) is 6.54 Å². The predicted molar refractivity (Wildman–Crippen MR) is 38.6 cm³/mol. The smallest absolute Gasteiger partial charge is 0.321 e. The van der Waals surface area contributed by atoms with E-state index in [1.165, 1.54) is 0 Å². The molecule has 0 aromatic carbocycles. The lowest BCUT2D eigenvalue weighted by Gasteiger charge is -2.07. The molecule has 0 radical (unpaired) electrons. The monoisotopic (exact) mass is 141 g/mol. The second-order valence-corrected chi connectivity index (χ2v) is 1.86.